The van der Waals surface area contributed by atoms with Crippen LogP contribution in [0.2, 0.25) is 0 Å². The molecule has 0 aliphatic heterocycles. The molecule has 0 radical (unpaired) electrons. The Morgan fingerprint density at radius 2 is 1.82 bits per heavy atom. The van der Waals surface area contributed by atoms with Gasteiger partial charge in [0.2, 0.25) is 5.12 Å². The van der Waals surface area contributed by atoms with E-state index < -0.39 is 23.5 Å². The third kappa shape index (κ3) is 4.10. The van der Waals surface area contributed by atoms with Gasteiger partial charge in [0.1, 0.15) is 6.61 Å². The number of carbonyl (C=O) groups excluding carboxylic acids is 1. The number of halogens is 3. The summed E-state index contributed by atoms with van der Waals surface area (Å²) in [7, 11) is 0. The minimum absolute atomic E-state index is 0.137. The van der Waals surface area contributed by atoms with Crippen LogP contribution in [-0.2, 0) is 11.0 Å². The fraction of sp³-hybridized carbons (Fsp3) is 0.200. The van der Waals surface area contributed by atoms with Crippen LogP contribution in [0, 0.1) is 0 Å². The number of aliphatic hydroxyl groups is 1. The number of alkyl halides is 3. The first-order valence-electron chi connectivity index (χ1n) is 4.37. The maximum Gasteiger partial charge on any atom is 0.416 e. The van der Waals surface area contributed by atoms with E-state index in [1.807, 2.05) is 0 Å². The van der Waals surface area contributed by atoms with Crippen molar-refractivity contribution in [3.63, 3.8) is 0 Å². The Balaban J connectivity index is 2.81. The molecular formula is C10H7F3O2S2. The normalized spacial score (nSPS) is 11.3. The van der Waals surface area contributed by atoms with Crippen LogP contribution >= 0.6 is 24.0 Å². The van der Waals surface area contributed by atoms with E-state index in [4.69, 9.17) is 17.3 Å². The number of hydrogen-bond acceptors (Lipinski definition) is 4. The van der Waals surface area contributed by atoms with Gasteiger partial charge in [0.25, 0.3) is 0 Å². The van der Waals surface area contributed by atoms with E-state index in [1.165, 1.54) is 12.1 Å². The minimum Gasteiger partial charge on any atom is -0.388 e. The third-order valence-electron chi connectivity index (χ3n) is 1.78. The zero-order valence-corrected chi connectivity index (χ0v) is 9.96. The lowest BCUT2D eigenvalue weighted by atomic mass is 10.1. The number of aliphatic hydroxyl groups excluding tert-OH is 1. The van der Waals surface area contributed by atoms with Gasteiger partial charge >= 0.3 is 6.18 Å². The van der Waals surface area contributed by atoms with Crippen LogP contribution in [-0.4, -0.2) is 21.0 Å². The highest BCUT2D eigenvalue weighted by molar-refractivity contribution is 8.33. The highest BCUT2D eigenvalue weighted by Crippen LogP contribution is 2.29. The van der Waals surface area contributed by atoms with Gasteiger partial charge in [-0.05, 0) is 29.5 Å². The minimum atomic E-state index is -4.39. The second-order valence-electron chi connectivity index (χ2n) is 2.99. The van der Waals surface area contributed by atoms with Crippen LogP contribution < -0.4 is 0 Å². The van der Waals surface area contributed by atoms with E-state index in [9.17, 15) is 18.0 Å². The summed E-state index contributed by atoms with van der Waals surface area (Å²) in [6.45, 7) is -0.661. The molecule has 0 saturated heterocycles. The average Bonchev–Trinajstić information content (AvgIpc) is 2.27. The van der Waals surface area contributed by atoms with Gasteiger partial charge in [0, 0.05) is 0 Å². The fourth-order valence-corrected chi connectivity index (χ4v) is 1.93. The van der Waals surface area contributed by atoms with Crippen molar-refractivity contribution < 1.29 is 23.1 Å². The number of benzene rings is 1. The second kappa shape index (κ2) is 5.61. The van der Waals surface area contributed by atoms with Crippen molar-refractivity contribution in [1.29, 1.82) is 0 Å². The molecule has 0 aliphatic rings. The van der Waals surface area contributed by atoms with Crippen molar-refractivity contribution in [2.45, 2.75) is 6.18 Å². The molecule has 7 heteroatoms. The lowest BCUT2D eigenvalue weighted by Gasteiger charge is -2.07. The Morgan fingerprint density at radius 3 is 2.24 bits per heavy atom. The van der Waals surface area contributed by atoms with Gasteiger partial charge in [-0.25, -0.2) is 0 Å². The molecule has 0 aromatic heterocycles. The second-order valence-corrected chi connectivity index (χ2v) is 4.73. The Labute approximate surface area is 105 Å². The number of rotatable bonds is 2. The molecule has 1 aromatic carbocycles. The molecule has 0 bridgehead atoms. The number of carbonyl (C=O) groups is 1. The van der Waals surface area contributed by atoms with Crippen LogP contribution in [0.1, 0.15) is 11.1 Å². The first-order valence-corrected chi connectivity index (χ1v) is 5.60. The maximum atomic E-state index is 12.3. The van der Waals surface area contributed by atoms with Gasteiger partial charge in [0.05, 0.1) is 9.76 Å². The summed E-state index contributed by atoms with van der Waals surface area (Å²) in [4.78, 5) is 10.9. The average molecular weight is 280 g/mol. The van der Waals surface area contributed by atoms with E-state index in [1.54, 1.807) is 0 Å². The summed E-state index contributed by atoms with van der Waals surface area (Å²) < 4.78 is 36.9. The predicted molar refractivity (Wildman–Crippen MR) is 62.8 cm³/mol. The molecule has 0 spiro atoms. The molecule has 0 aliphatic carbocycles. The number of hydrogen-bond donors (Lipinski definition) is 1. The van der Waals surface area contributed by atoms with E-state index >= 15 is 0 Å². The molecule has 0 atom stereocenters. The molecule has 0 amide bonds. The summed E-state index contributed by atoms with van der Waals surface area (Å²) in [6, 6.07) is 4.18. The fourth-order valence-electron chi connectivity index (χ4n) is 0.990. The van der Waals surface area contributed by atoms with Crippen LogP contribution in [0.4, 0.5) is 13.2 Å². The van der Waals surface area contributed by atoms with E-state index in [0.29, 0.717) is 17.3 Å². The molecule has 1 rings (SSSR count). The molecule has 2 nitrogen and oxygen atoms in total. The topological polar surface area (TPSA) is 37.3 Å². The quantitative estimate of drug-likeness (QED) is 0.845. The molecule has 17 heavy (non-hydrogen) atoms. The Bertz CT molecular complexity index is 426. The summed E-state index contributed by atoms with van der Waals surface area (Å²) in [5.74, 6) is 0. The van der Waals surface area contributed by atoms with Gasteiger partial charge in [-0.15, -0.1) is 0 Å². The van der Waals surface area contributed by atoms with Crippen molar-refractivity contribution in [3.8, 4) is 0 Å². The maximum absolute atomic E-state index is 12.3. The molecule has 0 fully saturated rings. The van der Waals surface area contributed by atoms with Gasteiger partial charge in [0.15, 0.2) is 0 Å². The third-order valence-corrected chi connectivity index (χ3v) is 3.05. The van der Waals surface area contributed by atoms with Gasteiger partial charge in [-0.2, -0.15) is 13.2 Å². The Morgan fingerprint density at radius 1 is 1.29 bits per heavy atom. The van der Waals surface area contributed by atoms with Gasteiger partial charge < -0.3 is 5.11 Å². The highest BCUT2D eigenvalue weighted by Gasteiger charge is 2.30. The zero-order chi connectivity index (χ0) is 13.1. The predicted octanol–water partition coefficient (Wildman–Crippen LogP) is 2.63. The van der Waals surface area contributed by atoms with Crippen molar-refractivity contribution in [1.82, 2.24) is 0 Å². The van der Waals surface area contributed by atoms with Crippen molar-refractivity contribution in [3.05, 3.63) is 35.4 Å². The van der Waals surface area contributed by atoms with Crippen LogP contribution in [0.3, 0.4) is 0 Å². The van der Waals surface area contributed by atoms with Gasteiger partial charge in [-0.3, -0.25) is 4.79 Å². The van der Waals surface area contributed by atoms with Crippen molar-refractivity contribution >= 4 is 33.3 Å². The molecule has 1 aromatic rings. The van der Waals surface area contributed by atoms with Crippen LogP contribution in [0.15, 0.2) is 24.3 Å². The lowest BCUT2D eigenvalue weighted by molar-refractivity contribution is -0.137. The molecule has 92 valence electrons. The summed E-state index contributed by atoms with van der Waals surface area (Å²) in [5, 5.41) is 7.96. The summed E-state index contributed by atoms with van der Waals surface area (Å²) in [5.41, 5.74) is -0.428. The Hall–Kier alpha value is -0.920. The van der Waals surface area contributed by atoms with E-state index in [2.05, 4.69) is 0 Å². The first-order chi connectivity index (χ1) is 7.84. The smallest absolute Gasteiger partial charge is 0.388 e. The molecule has 0 heterocycles. The van der Waals surface area contributed by atoms with E-state index in [0.717, 1.165) is 12.1 Å². The SMILES string of the molecule is O=C(CO)SC(=S)c1ccc(C(F)(F)F)cc1. The first kappa shape index (κ1) is 14.1. The molecule has 1 N–H and O–H groups in total. The van der Waals surface area contributed by atoms with Crippen molar-refractivity contribution in [2.75, 3.05) is 6.61 Å². The summed E-state index contributed by atoms with van der Waals surface area (Å²) in [6.07, 6.45) is -4.39. The Kier molecular flexibility index (Phi) is 4.67. The lowest BCUT2D eigenvalue weighted by Crippen LogP contribution is -2.06. The number of thiocarbonyl (C=S) groups is 1. The zero-order valence-electron chi connectivity index (χ0n) is 8.32. The van der Waals surface area contributed by atoms with Crippen molar-refractivity contribution in [2.24, 2.45) is 0 Å². The molecule has 0 unspecified atom stereocenters. The van der Waals surface area contributed by atoms with Crippen LogP contribution in [0.5, 0.6) is 0 Å². The number of thioether (sulfide) groups is 1. The van der Waals surface area contributed by atoms with E-state index in [-0.39, 0.29) is 4.20 Å². The monoisotopic (exact) mass is 280 g/mol. The molecule has 0 saturated carbocycles. The van der Waals surface area contributed by atoms with Crippen LogP contribution in [0.25, 0.3) is 0 Å². The molecular weight excluding hydrogens is 273 g/mol. The highest BCUT2D eigenvalue weighted by atomic mass is 32.2. The van der Waals surface area contributed by atoms with Gasteiger partial charge in [-0.1, -0.05) is 24.4 Å². The standard InChI is InChI=1S/C10H7F3O2S2/c11-10(12,13)7-3-1-6(2-4-7)9(16)17-8(15)5-14/h1-4,14H,5H2. The largest absolute Gasteiger partial charge is 0.416 e. The summed E-state index contributed by atoms with van der Waals surface area (Å²) >= 11 is 5.48.